The molecule has 8 nitrogen and oxygen atoms in total. The molecule has 0 unspecified atom stereocenters. The summed E-state index contributed by atoms with van der Waals surface area (Å²) in [5.74, 6) is 0.143. The lowest BCUT2D eigenvalue weighted by molar-refractivity contribution is -0.126. The number of aliphatic hydroxyl groups is 1. The fraction of sp³-hybridized carbons (Fsp3) is 0.381. The highest BCUT2D eigenvalue weighted by Gasteiger charge is 2.28. The molecule has 0 fully saturated rings. The van der Waals surface area contributed by atoms with Crippen molar-refractivity contribution in [3.05, 3.63) is 65.6 Å². The summed E-state index contributed by atoms with van der Waals surface area (Å²) in [7, 11) is 0. The SMILES string of the molecule is C.CC(C)(N)C(=O)N[C@H](COCc1ccccc1)c1nnc2cccc(CO)n12. The Hall–Kier alpha value is -2.81. The van der Waals surface area contributed by atoms with E-state index in [1.807, 2.05) is 30.3 Å². The van der Waals surface area contributed by atoms with E-state index < -0.39 is 11.6 Å². The van der Waals surface area contributed by atoms with Gasteiger partial charge >= 0.3 is 0 Å². The lowest BCUT2D eigenvalue weighted by Crippen LogP contribution is -2.51. The maximum Gasteiger partial charge on any atom is 0.240 e. The molecule has 0 saturated carbocycles. The Morgan fingerprint density at radius 1 is 1.21 bits per heavy atom. The third kappa shape index (κ3) is 5.38. The number of hydrogen-bond donors (Lipinski definition) is 3. The Morgan fingerprint density at radius 3 is 2.59 bits per heavy atom. The summed E-state index contributed by atoms with van der Waals surface area (Å²) < 4.78 is 7.57. The van der Waals surface area contributed by atoms with Crippen LogP contribution < -0.4 is 11.1 Å². The monoisotopic (exact) mass is 399 g/mol. The highest BCUT2D eigenvalue weighted by molar-refractivity contribution is 5.85. The molecular formula is C21H29N5O3. The molecule has 2 heterocycles. The van der Waals surface area contributed by atoms with Gasteiger partial charge in [0.25, 0.3) is 0 Å². The van der Waals surface area contributed by atoms with Crippen LogP contribution in [0.25, 0.3) is 5.65 Å². The molecule has 3 rings (SSSR count). The van der Waals surface area contributed by atoms with Crippen LogP contribution >= 0.6 is 0 Å². The first-order valence-corrected chi connectivity index (χ1v) is 9.05. The molecule has 2 aromatic heterocycles. The van der Waals surface area contributed by atoms with Gasteiger partial charge in [0.05, 0.1) is 31.1 Å². The van der Waals surface area contributed by atoms with E-state index in [1.54, 1.807) is 36.4 Å². The van der Waals surface area contributed by atoms with Crippen molar-refractivity contribution in [3.8, 4) is 0 Å². The van der Waals surface area contributed by atoms with E-state index in [0.29, 0.717) is 23.8 Å². The minimum Gasteiger partial charge on any atom is -0.390 e. The Kier molecular flexibility index (Phi) is 7.44. The van der Waals surface area contributed by atoms with Crippen molar-refractivity contribution in [2.45, 2.75) is 46.1 Å². The van der Waals surface area contributed by atoms with Gasteiger partial charge in [-0.25, -0.2) is 0 Å². The number of amides is 1. The Balaban J connectivity index is 0.00000300. The van der Waals surface area contributed by atoms with Crippen LogP contribution in [0.1, 0.15) is 44.4 Å². The van der Waals surface area contributed by atoms with Crippen molar-refractivity contribution in [1.29, 1.82) is 0 Å². The molecule has 0 aliphatic carbocycles. The van der Waals surface area contributed by atoms with E-state index in [2.05, 4.69) is 15.5 Å². The molecule has 1 aromatic carbocycles. The summed E-state index contributed by atoms with van der Waals surface area (Å²) >= 11 is 0. The van der Waals surface area contributed by atoms with Crippen molar-refractivity contribution < 1.29 is 14.6 Å². The second-order valence-corrected chi connectivity index (χ2v) is 7.18. The number of fused-ring (bicyclic) bond motifs is 1. The molecule has 0 saturated heterocycles. The molecule has 1 amide bonds. The first-order valence-electron chi connectivity index (χ1n) is 9.05. The minimum absolute atomic E-state index is 0. The van der Waals surface area contributed by atoms with Crippen molar-refractivity contribution in [1.82, 2.24) is 19.9 Å². The number of ether oxygens (including phenoxy) is 1. The first-order chi connectivity index (χ1) is 13.4. The predicted molar refractivity (Wildman–Crippen MR) is 111 cm³/mol. The quantitative estimate of drug-likeness (QED) is 0.533. The number of aliphatic hydroxyl groups excluding tert-OH is 1. The number of rotatable bonds is 8. The van der Waals surface area contributed by atoms with Gasteiger partial charge in [-0.1, -0.05) is 43.8 Å². The van der Waals surface area contributed by atoms with E-state index in [-0.39, 0.29) is 26.5 Å². The third-order valence-corrected chi connectivity index (χ3v) is 4.29. The van der Waals surface area contributed by atoms with Gasteiger partial charge in [-0.3, -0.25) is 9.20 Å². The molecule has 156 valence electrons. The van der Waals surface area contributed by atoms with Crippen LogP contribution in [0.4, 0.5) is 0 Å². The van der Waals surface area contributed by atoms with Crippen LogP contribution in [-0.2, 0) is 22.7 Å². The van der Waals surface area contributed by atoms with Crippen LogP contribution in [0, 0.1) is 0 Å². The second kappa shape index (κ2) is 9.60. The molecule has 29 heavy (non-hydrogen) atoms. The Bertz CT molecular complexity index is 934. The zero-order chi connectivity index (χ0) is 20.1. The zero-order valence-corrected chi connectivity index (χ0v) is 16.0. The van der Waals surface area contributed by atoms with Gasteiger partial charge in [0, 0.05) is 0 Å². The highest BCUT2D eigenvalue weighted by Crippen LogP contribution is 2.18. The number of pyridine rings is 1. The van der Waals surface area contributed by atoms with Gasteiger partial charge in [0.2, 0.25) is 5.91 Å². The number of carbonyl (C=O) groups is 1. The smallest absolute Gasteiger partial charge is 0.240 e. The third-order valence-electron chi connectivity index (χ3n) is 4.29. The summed E-state index contributed by atoms with van der Waals surface area (Å²) in [4.78, 5) is 12.5. The lowest BCUT2D eigenvalue weighted by Gasteiger charge is -2.24. The fourth-order valence-corrected chi connectivity index (χ4v) is 2.77. The van der Waals surface area contributed by atoms with Crippen molar-refractivity contribution in [2.24, 2.45) is 5.73 Å². The van der Waals surface area contributed by atoms with Gasteiger partial charge in [0.15, 0.2) is 11.5 Å². The molecule has 8 heteroatoms. The topological polar surface area (TPSA) is 115 Å². The number of benzene rings is 1. The molecule has 4 N–H and O–H groups in total. The zero-order valence-electron chi connectivity index (χ0n) is 16.0. The van der Waals surface area contributed by atoms with Gasteiger partial charge < -0.3 is 20.9 Å². The molecule has 0 radical (unpaired) electrons. The second-order valence-electron chi connectivity index (χ2n) is 7.18. The molecule has 0 spiro atoms. The summed E-state index contributed by atoms with van der Waals surface area (Å²) in [6.45, 7) is 3.65. The van der Waals surface area contributed by atoms with Crippen LogP contribution in [0.5, 0.6) is 0 Å². The average molecular weight is 399 g/mol. The van der Waals surface area contributed by atoms with Crippen molar-refractivity contribution in [2.75, 3.05) is 6.61 Å². The number of hydrogen-bond acceptors (Lipinski definition) is 6. The maximum absolute atomic E-state index is 12.5. The Labute approximate surface area is 170 Å². The van der Waals surface area contributed by atoms with Gasteiger partial charge in [-0.05, 0) is 31.5 Å². The fourth-order valence-electron chi connectivity index (χ4n) is 2.77. The highest BCUT2D eigenvalue weighted by atomic mass is 16.5. The van der Waals surface area contributed by atoms with E-state index in [9.17, 15) is 9.90 Å². The van der Waals surface area contributed by atoms with E-state index in [1.165, 1.54) is 0 Å². The van der Waals surface area contributed by atoms with E-state index in [0.717, 1.165) is 5.56 Å². The maximum atomic E-state index is 12.5. The average Bonchev–Trinajstić information content (AvgIpc) is 3.11. The standard InChI is InChI=1S/C20H25N5O3.CH4/c1-20(2,21)19(27)22-16(13-28-12-14-7-4-3-5-8-14)18-24-23-17-10-6-9-15(11-26)25(17)18;/h3-10,16,26H,11-13,21H2,1-2H3,(H,22,27);1H4/t16-;/m1./s1. The van der Waals surface area contributed by atoms with Gasteiger partial charge in [-0.2, -0.15) is 0 Å². The number of nitrogens with one attached hydrogen (secondary N) is 1. The van der Waals surface area contributed by atoms with Crippen LogP contribution in [0.15, 0.2) is 48.5 Å². The Morgan fingerprint density at radius 2 is 1.93 bits per heavy atom. The van der Waals surface area contributed by atoms with E-state index >= 15 is 0 Å². The molecule has 3 aromatic rings. The molecule has 1 atom stereocenters. The summed E-state index contributed by atoms with van der Waals surface area (Å²) in [6.07, 6.45) is 0. The summed E-state index contributed by atoms with van der Waals surface area (Å²) in [5.41, 5.74) is 7.09. The largest absolute Gasteiger partial charge is 0.390 e. The van der Waals surface area contributed by atoms with Gasteiger partial charge in [-0.15, -0.1) is 10.2 Å². The molecule has 0 bridgehead atoms. The van der Waals surface area contributed by atoms with Crippen LogP contribution in [0.2, 0.25) is 0 Å². The first kappa shape index (κ1) is 22.5. The molecule has 0 aliphatic heterocycles. The number of aromatic nitrogens is 3. The summed E-state index contributed by atoms with van der Waals surface area (Å²) in [5, 5.41) is 21.0. The molecular weight excluding hydrogens is 370 g/mol. The number of nitrogens with zero attached hydrogens (tertiary/aromatic N) is 3. The normalized spacial score (nSPS) is 12.4. The van der Waals surface area contributed by atoms with Crippen molar-refractivity contribution >= 4 is 11.6 Å². The lowest BCUT2D eigenvalue weighted by atomic mass is 10.1. The van der Waals surface area contributed by atoms with E-state index in [4.69, 9.17) is 10.5 Å². The van der Waals surface area contributed by atoms with Gasteiger partial charge in [0.1, 0.15) is 6.04 Å². The minimum atomic E-state index is -1.06. The van der Waals surface area contributed by atoms with Crippen LogP contribution in [-0.4, -0.2) is 37.8 Å². The predicted octanol–water partition coefficient (Wildman–Crippen LogP) is 1.97. The van der Waals surface area contributed by atoms with Crippen molar-refractivity contribution in [3.63, 3.8) is 0 Å². The number of carbonyl (C=O) groups excluding carboxylic acids is 1. The number of nitrogens with two attached hydrogens (primary N) is 1. The molecule has 0 aliphatic rings. The summed E-state index contributed by atoms with van der Waals surface area (Å²) in [6, 6.07) is 14.5. The van der Waals surface area contributed by atoms with Crippen LogP contribution in [0.3, 0.4) is 0 Å².